The maximum Gasteiger partial charge on any atom is 0.237 e. The van der Waals surface area contributed by atoms with Crippen molar-refractivity contribution in [1.29, 1.82) is 0 Å². The van der Waals surface area contributed by atoms with E-state index in [1.807, 2.05) is 0 Å². The minimum atomic E-state index is 0. The first-order valence-electron chi connectivity index (χ1n) is 7.91. The second-order valence-electron chi connectivity index (χ2n) is 6.12. The number of carbonyl (C=O) groups excluding carboxylic acids is 1. The zero-order chi connectivity index (χ0) is 13.8. The lowest BCUT2D eigenvalue weighted by atomic mass is 9.81. The van der Waals surface area contributed by atoms with Gasteiger partial charge < -0.3 is 10.6 Å². The van der Waals surface area contributed by atoms with E-state index in [1.165, 1.54) is 18.4 Å². The molecule has 3 rings (SSSR count). The van der Waals surface area contributed by atoms with E-state index >= 15 is 0 Å². The molecule has 0 spiro atoms. The zero-order valence-corrected chi connectivity index (χ0v) is 13.2. The van der Waals surface area contributed by atoms with Gasteiger partial charge in [0.2, 0.25) is 5.91 Å². The number of halogens is 1. The summed E-state index contributed by atoms with van der Waals surface area (Å²) in [5, 5.41) is 6.50. The van der Waals surface area contributed by atoms with Crippen LogP contribution in [-0.2, 0) is 4.79 Å². The fourth-order valence-electron chi connectivity index (χ4n) is 3.51. The van der Waals surface area contributed by atoms with Gasteiger partial charge in [0.15, 0.2) is 0 Å². The molecule has 2 aliphatic rings. The first kappa shape index (κ1) is 16.3. The molecule has 1 atom stereocenters. The van der Waals surface area contributed by atoms with Crippen molar-refractivity contribution in [2.75, 3.05) is 6.54 Å². The van der Waals surface area contributed by atoms with Crippen molar-refractivity contribution in [1.82, 2.24) is 10.6 Å². The molecule has 1 aromatic carbocycles. The van der Waals surface area contributed by atoms with Gasteiger partial charge in [0.05, 0.1) is 6.04 Å². The van der Waals surface area contributed by atoms with E-state index in [2.05, 4.69) is 41.0 Å². The molecule has 1 aliphatic heterocycles. The molecule has 2 fully saturated rings. The summed E-state index contributed by atoms with van der Waals surface area (Å²) in [7, 11) is 0. The van der Waals surface area contributed by atoms with Gasteiger partial charge in [0.25, 0.3) is 0 Å². The van der Waals surface area contributed by atoms with E-state index in [0.717, 1.165) is 32.2 Å². The average Bonchev–Trinajstić information content (AvgIpc) is 3.03. The number of hydrogen-bond acceptors (Lipinski definition) is 2. The van der Waals surface area contributed by atoms with Crippen molar-refractivity contribution >= 4 is 18.3 Å². The Morgan fingerprint density at radius 3 is 2.38 bits per heavy atom. The molecular weight excluding hydrogens is 284 g/mol. The fourth-order valence-corrected chi connectivity index (χ4v) is 3.51. The normalized spacial score (nSPS) is 28.7. The van der Waals surface area contributed by atoms with Gasteiger partial charge in [0, 0.05) is 6.04 Å². The largest absolute Gasteiger partial charge is 0.352 e. The highest BCUT2D eigenvalue weighted by atomic mass is 35.5. The molecule has 1 aromatic rings. The van der Waals surface area contributed by atoms with E-state index in [-0.39, 0.29) is 24.4 Å². The maximum atomic E-state index is 12.1. The van der Waals surface area contributed by atoms with Crippen LogP contribution in [0.2, 0.25) is 0 Å². The molecule has 1 aliphatic carbocycles. The average molecular weight is 309 g/mol. The second kappa shape index (κ2) is 7.81. The Kier molecular flexibility index (Phi) is 6.07. The van der Waals surface area contributed by atoms with Crippen molar-refractivity contribution in [2.45, 2.75) is 56.5 Å². The van der Waals surface area contributed by atoms with E-state index in [9.17, 15) is 4.79 Å². The summed E-state index contributed by atoms with van der Waals surface area (Å²) in [6.07, 6.45) is 6.71. The summed E-state index contributed by atoms with van der Waals surface area (Å²) >= 11 is 0. The number of rotatable bonds is 3. The smallest absolute Gasteiger partial charge is 0.237 e. The molecule has 3 nitrogen and oxygen atoms in total. The van der Waals surface area contributed by atoms with Gasteiger partial charge >= 0.3 is 0 Å². The Morgan fingerprint density at radius 2 is 1.76 bits per heavy atom. The minimum absolute atomic E-state index is 0. The molecule has 1 saturated heterocycles. The molecule has 4 heteroatoms. The molecule has 1 unspecified atom stereocenters. The summed E-state index contributed by atoms with van der Waals surface area (Å²) in [5.41, 5.74) is 1.45. The highest BCUT2D eigenvalue weighted by Gasteiger charge is 2.27. The fraction of sp³-hybridized carbons (Fsp3) is 0.588. The summed E-state index contributed by atoms with van der Waals surface area (Å²) in [6.45, 7) is 0.985. The number of benzene rings is 1. The molecule has 0 radical (unpaired) electrons. The minimum Gasteiger partial charge on any atom is -0.352 e. The van der Waals surface area contributed by atoms with Gasteiger partial charge in [-0.1, -0.05) is 30.3 Å². The van der Waals surface area contributed by atoms with Crippen LogP contribution in [0.15, 0.2) is 30.3 Å². The number of amides is 1. The highest BCUT2D eigenvalue weighted by molar-refractivity contribution is 5.85. The number of nitrogens with one attached hydrogen (secondary N) is 2. The molecule has 0 bridgehead atoms. The topological polar surface area (TPSA) is 41.1 Å². The molecule has 0 aromatic heterocycles. The van der Waals surface area contributed by atoms with Gasteiger partial charge in [-0.05, 0) is 56.6 Å². The lowest BCUT2D eigenvalue weighted by Gasteiger charge is -2.30. The zero-order valence-electron chi connectivity index (χ0n) is 12.4. The maximum absolute atomic E-state index is 12.1. The Morgan fingerprint density at radius 1 is 1.05 bits per heavy atom. The summed E-state index contributed by atoms with van der Waals surface area (Å²) in [6, 6.07) is 11.2. The van der Waals surface area contributed by atoms with Gasteiger partial charge in [0.1, 0.15) is 0 Å². The van der Waals surface area contributed by atoms with Crippen molar-refractivity contribution in [2.24, 2.45) is 0 Å². The monoisotopic (exact) mass is 308 g/mol. The van der Waals surface area contributed by atoms with Crippen molar-refractivity contribution in [3.63, 3.8) is 0 Å². The summed E-state index contributed by atoms with van der Waals surface area (Å²) in [5.74, 6) is 0.889. The first-order valence-corrected chi connectivity index (χ1v) is 7.91. The van der Waals surface area contributed by atoms with Crippen LogP contribution in [0.25, 0.3) is 0 Å². The van der Waals surface area contributed by atoms with E-state index in [0.29, 0.717) is 12.0 Å². The standard InChI is InChI=1S/C17H24N2O.ClH/c20-17(16-7-4-12-18-16)19-15-10-8-14(9-11-15)13-5-2-1-3-6-13;/h1-3,5-6,14-16,18H,4,7-12H2,(H,19,20);1H. The lowest BCUT2D eigenvalue weighted by Crippen LogP contribution is -2.46. The summed E-state index contributed by atoms with van der Waals surface area (Å²) in [4.78, 5) is 12.1. The van der Waals surface area contributed by atoms with Crippen LogP contribution in [0.4, 0.5) is 0 Å². The molecule has 1 saturated carbocycles. The Labute approximate surface area is 133 Å². The van der Waals surface area contributed by atoms with Crippen LogP contribution < -0.4 is 10.6 Å². The van der Waals surface area contributed by atoms with E-state index in [4.69, 9.17) is 0 Å². The summed E-state index contributed by atoms with van der Waals surface area (Å²) < 4.78 is 0. The van der Waals surface area contributed by atoms with Gasteiger partial charge in [-0.2, -0.15) is 0 Å². The SMILES string of the molecule is Cl.O=C(NC1CCC(c2ccccc2)CC1)C1CCCN1. The van der Waals surface area contributed by atoms with Crippen molar-refractivity contribution in [3.8, 4) is 0 Å². The van der Waals surface area contributed by atoms with Crippen LogP contribution in [0.1, 0.15) is 50.0 Å². The van der Waals surface area contributed by atoms with Gasteiger partial charge in [-0.3, -0.25) is 4.79 Å². The Balaban J connectivity index is 0.00000161. The van der Waals surface area contributed by atoms with Crippen molar-refractivity contribution < 1.29 is 4.79 Å². The predicted octanol–water partition coefficient (Wildman–Crippen LogP) is 3.00. The van der Waals surface area contributed by atoms with Crippen LogP contribution in [0, 0.1) is 0 Å². The number of carbonyl (C=O) groups is 1. The molecule has 21 heavy (non-hydrogen) atoms. The molecule has 2 N–H and O–H groups in total. The number of hydrogen-bond donors (Lipinski definition) is 2. The first-order chi connectivity index (χ1) is 9.83. The Hall–Kier alpha value is -1.06. The van der Waals surface area contributed by atoms with Crippen molar-refractivity contribution in [3.05, 3.63) is 35.9 Å². The lowest BCUT2D eigenvalue weighted by molar-refractivity contribution is -0.123. The van der Waals surface area contributed by atoms with Crippen LogP contribution in [0.5, 0.6) is 0 Å². The van der Waals surface area contributed by atoms with Crippen LogP contribution in [-0.4, -0.2) is 24.5 Å². The van der Waals surface area contributed by atoms with Crippen LogP contribution in [0.3, 0.4) is 0 Å². The Bertz CT molecular complexity index is 437. The third-order valence-electron chi connectivity index (χ3n) is 4.72. The third-order valence-corrected chi connectivity index (χ3v) is 4.72. The molecule has 116 valence electrons. The second-order valence-corrected chi connectivity index (χ2v) is 6.12. The quantitative estimate of drug-likeness (QED) is 0.901. The molecular formula is C17H25ClN2O. The predicted molar refractivity (Wildman–Crippen MR) is 87.9 cm³/mol. The van der Waals surface area contributed by atoms with Gasteiger partial charge in [-0.15, -0.1) is 12.4 Å². The van der Waals surface area contributed by atoms with E-state index in [1.54, 1.807) is 0 Å². The highest BCUT2D eigenvalue weighted by Crippen LogP contribution is 2.32. The van der Waals surface area contributed by atoms with E-state index < -0.39 is 0 Å². The van der Waals surface area contributed by atoms with Crippen LogP contribution >= 0.6 is 12.4 Å². The van der Waals surface area contributed by atoms with Gasteiger partial charge in [-0.25, -0.2) is 0 Å². The molecule has 1 amide bonds. The molecule has 1 heterocycles. The third kappa shape index (κ3) is 4.21.